The first-order valence-corrected chi connectivity index (χ1v) is 17.2. The number of nitrogens with zero attached hydrogens (tertiary/aromatic N) is 3. The van der Waals surface area contributed by atoms with Crippen molar-refractivity contribution >= 4 is 17.1 Å². The van der Waals surface area contributed by atoms with Crippen molar-refractivity contribution in [2.75, 3.05) is 55.6 Å². The zero-order chi connectivity index (χ0) is 30.2. The van der Waals surface area contributed by atoms with Gasteiger partial charge >= 0.3 is 0 Å². The van der Waals surface area contributed by atoms with Gasteiger partial charge in [-0.25, -0.2) is 0 Å². The molecule has 0 spiro atoms. The highest BCUT2D eigenvalue weighted by molar-refractivity contribution is 5.71. The van der Waals surface area contributed by atoms with Gasteiger partial charge in [-0.3, -0.25) is 4.90 Å². The van der Waals surface area contributed by atoms with Crippen molar-refractivity contribution in [1.29, 1.82) is 0 Å². The Morgan fingerprint density at radius 3 is 2.16 bits per heavy atom. The smallest absolute Gasteiger partial charge is 0.0408 e. The number of piperazine rings is 1. The fraction of sp³-hybridized carbons (Fsp3) is 0.366. The number of anilines is 2. The van der Waals surface area contributed by atoms with Crippen LogP contribution < -0.4 is 15.1 Å². The summed E-state index contributed by atoms with van der Waals surface area (Å²) in [6.07, 6.45) is 4.95. The van der Waals surface area contributed by atoms with Gasteiger partial charge in [-0.05, 0) is 89.6 Å². The van der Waals surface area contributed by atoms with Crippen LogP contribution in [0.25, 0.3) is 5.70 Å². The quantitative estimate of drug-likeness (QED) is 0.247. The highest BCUT2D eigenvalue weighted by atomic mass is 15.3. The minimum atomic E-state index is 0.414. The van der Waals surface area contributed by atoms with Crippen molar-refractivity contribution in [2.45, 2.75) is 44.1 Å². The Balaban J connectivity index is 0.870. The van der Waals surface area contributed by atoms with E-state index in [0.29, 0.717) is 11.8 Å². The lowest BCUT2D eigenvalue weighted by Gasteiger charge is -2.40. The third-order valence-corrected chi connectivity index (χ3v) is 11.1. The zero-order valence-electron chi connectivity index (χ0n) is 26.5. The van der Waals surface area contributed by atoms with Crippen LogP contribution in [0.4, 0.5) is 11.4 Å². The lowest BCUT2D eigenvalue weighted by atomic mass is 9.69. The van der Waals surface area contributed by atoms with Crippen LogP contribution in [-0.2, 0) is 13.0 Å². The van der Waals surface area contributed by atoms with Gasteiger partial charge in [-0.2, -0.15) is 0 Å². The molecule has 0 radical (unpaired) electrons. The first-order chi connectivity index (χ1) is 22.2. The molecule has 4 aromatic rings. The Labute approximate surface area is 269 Å². The predicted octanol–water partition coefficient (Wildman–Crippen LogP) is 7.66. The number of fused-ring (bicyclic) bond motifs is 2. The molecule has 0 aromatic heterocycles. The molecule has 230 valence electrons. The fourth-order valence-corrected chi connectivity index (χ4v) is 8.57. The zero-order valence-corrected chi connectivity index (χ0v) is 26.5. The van der Waals surface area contributed by atoms with Gasteiger partial charge in [0.25, 0.3) is 0 Å². The van der Waals surface area contributed by atoms with E-state index in [4.69, 9.17) is 0 Å². The lowest BCUT2D eigenvalue weighted by Crippen LogP contribution is -2.49. The van der Waals surface area contributed by atoms with Crippen LogP contribution in [0.3, 0.4) is 0 Å². The summed E-state index contributed by atoms with van der Waals surface area (Å²) in [5.41, 5.74) is 12.5. The lowest BCUT2D eigenvalue weighted by molar-refractivity contribution is 0.201. The monoisotopic (exact) mass is 594 g/mol. The normalized spacial score (nSPS) is 22.2. The van der Waals surface area contributed by atoms with Crippen LogP contribution >= 0.6 is 0 Å². The van der Waals surface area contributed by atoms with Crippen LogP contribution in [0.1, 0.15) is 64.5 Å². The number of piperidine rings is 1. The van der Waals surface area contributed by atoms with Crippen molar-refractivity contribution in [1.82, 2.24) is 10.2 Å². The molecule has 3 heterocycles. The van der Waals surface area contributed by atoms with Gasteiger partial charge in [-0.15, -0.1) is 0 Å². The molecule has 0 saturated carbocycles. The van der Waals surface area contributed by atoms with E-state index in [9.17, 15) is 0 Å². The fourth-order valence-electron chi connectivity index (χ4n) is 8.57. The Kier molecular flexibility index (Phi) is 7.84. The second-order valence-corrected chi connectivity index (χ2v) is 13.7. The summed E-state index contributed by atoms with van der Waals surface area (Å²) < 4.78 is 0. The Bertz CT molecular complexity index is 1630. The number of hydrogen-bond donors (Lipinski definition) is 1. The van der Waals surface area contributed by atoms with Gasteiger partial charge < -0.3 is 15.1 Å². The standard InChI is InChI=1S/C41H46N4/c1-30-38-18-16-37(27-35(38)28-42-30)45-25-23-43(24-26-45)29-31-19-21-44(22-20-31)36-14-11-34(12-15-36)41-39-10-6-5-9-33(39)13-17-40(41)32-7-3-2-4-8-32/h2-12,14-16,18,27,31,40-42H,1,13,17,19-26,28-29H2. The van der Waals surface area contributed by atoms with E-state index in [1.165, 1.54) is 70.6 Å². The molecule has 2 fully saturated rings. The molecule has 45 heavy (non-hydrogen) atoms. The summed E-state index contributed by atoms with van der Waals surface area (Å²) in [6.45, 7) is 13.2. The van der Waals surface area contributed by atoms with Gasteiger partial charge in [0, 0.05) is 80.9 Å². The van der Waals surface area contributed by atoms with Crippen LogP contribution in [0.15, 0.2) is 104 Å². The van der Waals surface area contributed by atoms with E-state index < -0.39 is 0 Å². The average molecular weight is 595 g/mol. The van der Waals surface area contributed by atoms with Gasteiger partial charge in [0.15, 0.2) is 0 Å². The molecule has 2 saturated heterocycles. The molecule has 1 N–H and O–H groups in total. The molecule has 2 atom stereocenters. The number of aryl methyl sites for hydroxylation is 1. The van der Waals surface area contributed by atoms with Crippen LogP contribution in [0, 0.1) is 5.92 Å². The van der Waals surface area contributed by atoms with E-state index in [2.05, 4.69) is 124 Å². The molecule has 4 aromatic carbocycles. The third-order valence-electron chi connectivity index (χ3n) is 11.1. The van der Waals surface area contributed by atoms with Crippen molar-refractivity contribution in [2.24, 2.45) is 5.92 Å². The van der Waals surface area contributed by atoms with E-state index in [1.54, 1.807) is 0 Å². The Hall–Kier alpha value is -4.02. The summed E-state index contributed by atoms with van der Waals surface area (Å²) in [7, 11) is 0. The molecule has 4 heteroatoms. The maximum atomic E-state index is 4.13. The Morgan fingerprint density at radius 2 is 1.36 bits per heavy atom. The first kappa shape index (κ1) is 28.5. The van der Waals surface area contributed by atoms with Gasteiger partial charge in [0.05, 0.1) is 0 Å². The summed E-state index contributed by atoms with van der Waals surface area (Å²) in [4.78, 5) is 7.91. The maximum Gasteiger partial charge on any atom is 0.0408 e. The average Bonchev–Trinajstić information content (AvgIpc) is 3.48. The topological polar surface area (TPSA) is 21.8 Å². The van der Waals surface area contributed by atoms with Gasteiger partial charge in [-0.1, -0.05) is 79.4 Å². The minimum absolute atomic E-state index is 0.414. The highest BCUT2D eigenvalue weighted by Gasteiger charge is 2.32. The molecule has 8 rings (SSSR count). The number of nitrogens with one attached hydrogen (secondary N) is 1. The molecule has 0 amide bonds. The minimum Gasteiger partial charge on any atom is -0.381 e. The van der Waals surface area contributed by atoms with Crippen LogP contribution in [0.5, 0.6) is 0 Å². The molecular formula is C41H46N4. The first-order valence-electron chi connectivity index (χ1n) is 17.2. The maximum absolute atomic E-state index is 4.13. The summed E-state index contributed by atoms with van der Waals surface area (Å²) >= 11 is 0. The third kappa shape index (κ3) is 5.77. The van der Waals surface area contributed by atoms with E-state index in [1.807, 2.05) is 0 Å². The number of hydrogen-bond acceptors (Lipinski definition) is 4. The van der Waals surface area contributed by atoms with Crippen molar-refractivity contribution in [3.63, 3.8) is 0 Å². The molecule has 4 aliphatic rings. The molecule has 4 nitrogen and oxygen atoms in total. The number of rotatable bonds is 6. The predicted molar refractivity (Wildman–Crippen MR) is 188 cm³/mol. The molecule has 1 aliphatic carbocycles. The summed E-state index contributed by atoms with van der Waals surface area (Å²) in [5.74, 6) is 1.74. The number of benzene rings is 4. The summed E-state index contributed by atoms with van der Waals surface area (Å²) in [6, 6.07) is 36.9. The van der Waals surface area contributed by atoms with E-state index in [-0.39, 0.29) is 0 Å². The van der Waals surface area contributed by atoms with Crippen molar-refractivity contribution in [3.8, 4) is 0 Å². The Morgan fingerprint density at radius 1 is 0.644 bits per heavy atom. The van der Waals surface area contributed by atoms with E-state index in [0.717, 1.165) is 63.8 Å². The largest absolute Gasteiger partial charge is 0.381 e. The summed E-state index contributed by atoms with van der Waals surface area (Å²) in [5, 5.41) is 3.38. The second kappa shape index (κ2) is 12.4. The SMILES string of the molecule is C=C1NCc2cc(N3CCN(CC4CCN(c5ccc(C6c7ccccc7CCC6c6ccccc6)cc5)CC4)CC3)ccc21. The van der Waals surface area contributed by atoms with Crippen LogP contribution in [-0.4, -0.2) is 50.7 Å². The van der Waals surface area contributed by atoms with E-state index >= 15 is 0 Å². The molecular weight excluding hydrogens is 548 g/mol. The van der Waals surface area contributed by atoms with Gasteiger partial charge in [0.2, 0.25) is 0 Å². The van der Waals surface area contributed by atoms with Gasteiger partial charge in [0.1, 0.15) is 0 Å². The molecule has 0 bridgehead atoms. The van der Waals surface area contributed by atoms with Crippen molar-refractivity contribution < 1.29 is 0 Å². The molecule has 3 aliphatic heterocycles. The van der Waals surface area contributed by atoms with Crippen LogP contribution in [0.2, 0.25) is 0 Å². The van der Waals surface area contributed by atoms with Crippen molar-refractivity contribution in [3.05, 3.63) is 137 Å². The highest BCUT2D eigenvalue weighted by Crippen LogP contribution is 2.46. The second-order valence-electron chi connectivity index (χ2n) is 13.7. The molecule has 2 unspecified atom stereocenters.